The molecule has 13 heteroatoms. The maximum atomic E-state index is 13.1. The van der Waals surface area contributed by atoms with Crippen LogP contribution in [0.1, 0.15) is 31.2 Å². The van der Waals surface area contributed by atoms with E-state index in [-0.39, 0.29) is 57.1 Å². The minimum atomic E-state index is -1.25. The molecule has 1 aromatic heterocycles. The van der Waals surface area contributed by atoms with Gasteiger partial charge in [-0.05, 0) is 31.5 Å². The van der Waals surface area contributed by atoms with Gasteiger partial charge in [0.25, 0.3) is 0 Å². The molecule has 2 fully saturated rings. The van der Waals surface area contributed by atoms with E-state index in [1.165, 1.54) is 35.1 Å². The number of benzene rings is 1. The summed E-state index contributed by atoms with van der Waals surface area (Å²) in [4.78, 5) is 54.6. The van der Waals surface area contributed by atoms with E-state index in [9.17, 15) is 29.4 Å². The number of nitrogens with one attached hydrogen (secondary N) is 2. The maximum absolute atomic E-state index is 13.1. The van der Waals surface area contributed by atoms with Crippen LogP contribution in [-0.4, -0.2) is 61.9 Å². The van der Waals surface area contributed by atoms with Gasteiger partial charge in [-0.25, -0.2) is 14.6 Å². The fourth-order valence-corrected chi connectivity index (χ4v) is 5.66. The molecule has 1 aromatic carbocycles. The van der Waals surface area contributed by atoms with Gasteiger partial charge in [-0.1, -0.05) is 30.3 Å². The number of carboxylic acids is 1. The normalized spacial score (nSPS) is 23.4. The summed E-state index contributed by atoms with van der Waals surface area (Å²) >= 11 is 1.28. The van der Waals surface area contributed by atoms with Crippen molar-refractivity contribution in [2.45, 2.75) is 42.1 Å². The van der Waals surface area contributed by atoms with Crippen molar-refractivity contribution in [2.24, 2.45) is 4.99 Å². The van der Waals surface area contributed by atoms with Crippen LogP contribution in [0.4, 0.5) is 4.79 Å². The van der Waals surface area contributed by atoms with Crippen LogP contribution in [0.5, 0.6) is 0 Å². The van der Waals surface area contributed by atoms with Crippen LogP contribution in [0.15, 0.2) is 58.1 Å². The molecule has 2 aliphatic heterocycles. The Morgan fingerprint density at radius 1 is 1.20 bits per heavy atom. The number of aliphatic carboxylic acids is 1. The summed E-state index contributed by atoms with van der Waals surface area (Å²) in [6.07, 6.45) is 1.26. The number of thioether (sulfide) groups is 1. The first kappa shape index (κ1) is 27.4. The quantitative estimate of drug-likeness (QED) is 0.161. The number of carbonyl (C=O) groups excluding carboxylic acids is 3. The van der Waals surface area contributed by atoms with Crippen LogP contribution < -0.4 is 67.1 Å². The third-order valence-electron chi connectivity index (χ3n) is 5.57. The Morgan fingerprint density at radius 2 is 1.89 bits per heavy atom. The van der Waals surface area contributed by atoms with Gasteiger partial charge in [0.2, 0.25) is 11.8 Å². The van der Waals surface area contributed by atoms with Crippen molar-refractivity contribution < 1.29 is 85.2 Å². The molecule has 178 valence electrons. The second kappa shape index (κ2) is 10.8. The first-order chi connectivity index (χ1) is 16.1. The Kier molecular flexibility index (Phi) is 8.50. The standard InChI is InChI=1S/C22H22N4O7S.K/c1-22(2)15(20(30)31)26-18(29)14(19(26)34-22)23-17(28)13(11-7-4-3-5-8-11)24-21(32)25-16(27)12-9-6-10-33-12;/h3-10,13-15,19H,1-2H3,(H,23,28)(H,30,31)(H2,24,25,27,32);/q;+1/p-1/t13-,14-,15+,19-;/m1./s1. The minimum Gasteiger partial charge on any atom is -0.856 e. The molecule has 0 bridgehead atoms. The Balaban J connectivity index is 0.00000342. The molecule has 2 saturated heterocycles. The maximum Gasteiger partial charge on any atom is 1.00 e. The van der Waals surface area contributed by atoms with Crippen molar-refractivity contribution in [3.8, 4) is 0 Å². The molecule has 0 aliphatic carbocycles. The average molecular weight is 525 g/mol. The van der Waals surface area contributed by atoms with Crippen LogP contribution in [-0.2, 0) is 14.4 Å². The molecule has 0 unspecified atom stereocenters. The smallest absolute Gasteiger partial charge is 0.856 e. The second-order valence-corrected chi connectivity index (χ2v) is 10.0. The molecule has 4 atom stereocenters. The molecule has 4 rings (SSSR count). The minimum absolute atomic E-state index is 0. The molecule has 11 nitrogen and oxygen atoms in total. The molecule has 2 aliphatic rings. The molecule has 35 heavy (non-hydrogen) atoms. The van der Waals surface area contributed by atoms with E-state index in [1.54, 1.807) is 44.2 Å². The number of carbonyl (C=O) groups is 4. The van der Waals surface area contributed by atoms with Crippen LogP contribution in [0.25, 0.3) is 0 Å². The number of urea groups is 1. The average Bonchev–Trinajstić information content (AvgIpc) is 3.41. The van der Waals surface area contributed by atoms with Crippen molar-refractivity contribution >= 4 is 41.5 Å². The van der Waals surface area contributed by atoms with Crippen molar-refractivity contribution in [1.29, 1.82) is 0 Å². The van der Waals surface area contributed by atoms with Crippen LogP contribution >= 0.6 is 11.8 Å². The second-order valence-electron chi connectivity index (χ2n) is 8.27. The number of nitrogens with zero attached hydrogens (tertiary/aromatic N) is 2. The zero-order chi connectivity index (χ0) is 24.6. The number of fused-ring (bicyclic) bond motifs is 1. The molecular weight excluding hydrogens is 503 g/mol. The van der Waals surface area contributed by atoms with Gasteiger partial charge in [0.05, 0.1) is 6.26 Å². The fraction of sp³-hybridized carbons (Fsp3) is 0.318. The summed E-state index contributed by atoms with van der Waals surface area (Å²) in [5.74, 6) is -3.38. The molecule has 3 N–H and O–H groups in total. The SMILES string of the molecule is CC1(C)S[C@@H]2[C@H](NC(=O)[C@H](NC(=O)N=C([O-])c3ccco3)c3ccccc3)C(=O)N2[C@H]1C(=O)O.[K+]. The first-order valence-corrected chi connectivity index (χ1v) is 11.2. The third-order valence-corrected chi connectivity index (χ3v) is 7.14. The van der Waals surface area contributed by atoms with E-state index in [0.717, 1.165) is 0 Å². The summed E-state index contributed by atoms with van der Waals surface area (Å²) < 4.78 is 4.17. The summed E-state index contributed by atoms with van der Waals surface area (Å²) in [6, 6.07) is 6.78. The number of furan rings is 1. The Morgan fingerprint density at radius 3 is 2.49 bits per heavy atom. The zero-order valence-electron chi connectivity index (χ0n) is 19.1. The van der Waals surface area contributed by atoms with Crippen LogP contribution in [0.2, 0.25) is 0 Å². The third kappa shape index (κ3) is 5.49. The number of amides is 4. The summed E-state index contributed by atoms with van der Waals surface area (Å²) in [5.41, 5.74) is 0.403. The van der Waals surface area contributed by atoms with Crippen molar-refractivity contribution in [1.82, 2.24) is 15.5 Å². The summed E-state index contributed by atoms with van der Waals surface area (Å²) in [5, 5.41) is 26.0. The van der Waals surface area contributed by atoms with E-state index < -0.39 is 58.0 Å². The zero-order valence-corrected chi connectivity index (χ0v) is 23.1. The van der Waals surface area contributed by atoms with Crippen LogP contribution in [0, 0.1) is 0 Å². The fourth-order valence-electron chi connectivity index (χ4n) is 4.03. The van der Waals surface area contributed by atoms with Gasteiger partial charge in [0.15, 0.2) is 0 Å². The van der Waals surface area contributed by atoms with E-state index >= 15 is 0 Å². The monoisotopic (exact) mass is 524 g/mol. The number of hydrogen-bond donors (Lipinski definition) is 3. The first-order valence-electron chi connectivity index (χ1n) is 10.3. The van der Waals surface area contributed by atoms with E-state index in [4.69, 9.17) is 4.42 Å². The van der Waals surface area contributed by atoms with Gasteiger partial charge < -0.3 is 30.2 Å². The molecular formula is C22H21KN4O7S. The Hall–Kier alpha value is -2.16. The number of aliphatic imine (C=N–C) groups is 1. The molecule has 0 saturated carbocycles. The van der Waals surface area contributed by atoms with Gasteiger partial charge in [0, 0.05) is 10.6 Å². The van der Waals surface area contributed by atoms with Crippen molar-refractivity contribution in [3.63, 3.8) is 0 Å². The predicted molar refractivity (Wildman–Crippen MR) is 119 cm³/mol. The molecule has 4 amide bonds. The number of β-lactam (4-membered cyclic amide) rings is 1. The predicted octanol–water partition coefficient (Wildman–Crippen LogP) is -2.53. The topological polar surface area (TPSA) is 164 Å². The van der Waals surface area contributed by atoms with Gasteiger partial charge in [-0.3, -0.25) is 9.59 Å². The van der Waals surface area contributed by atoms with Gasteiger partial charge in [-0.2, -0.15) is 0 Å². The molecule has 0 radical (unpaired) electrons. The number of carboxylic acid groups (broad SMARTS) is 1. The Labute approximate surface area is 247 Å². The van der Waals surface area contributed by atoms with E-state index in [0.29, 0.717) is 5.56 Å². The van der Waals surface area contributed by atoms with Gasteiger partial charge in [-0.15, -0.1) is 11.8 Å². The summed E-state index contributed by atoms with van der Waals surface area (Å²) in [7, 11) is 0. The number of rotatable bonds is 6. The molecule has 0 spiro atoms. The van der Waals surface area contributed by atoms with Crippen molar-refractivity contribution in [2.75, 3.05) is 0 Å². The number of hydrogen-bond acceptors (Lipinski definition) is 7. The van der Waals surface area contributed by atoms with E-state index in [2.05, 4.69) is 15.6 Å². The largest absolute Gasteiger partial charge is 1.00 e. The van der Waals surface area contributed by atoms with Crippen molar-refractivity contribution in [3.05, 3.63) is 60.1 Å². The Bertz CT molecular complexity index is 1160. The molecule has 3 heterocycles. The van der Waals surface area contributed by atoms with Gasteiger partial charge in [0.1, 0.15) is 29.3 Å². The summed E-state index contributed by atoms with van der Waals surface area (Å²) in [6.45, 7) is 3.46. The molecule has 2 aromatic rings. The van der Waals surface area contributed by atoms with Gasteiger partial charge >= 0.3 is 63.4 Å². The van der Waals surface area contributed by atoms with Crippen LogP contribution in [0.3, 0.4) is 0 Å². The van der Waals surface area contributed by atoms with E-state index in [1.807, 2.05) is 0 Å².